The van der Waals surface area contributed by atoms with Crippen LogP contribution in [0.5, 0.6) is 0 Å². The highest BCUT2D eigenvalue weighted by Crippen LogP contribution is 2.19. The van der Waals surface area contributed by atoms with Gasteiger partial charge in [-0.25, -0.2) is 0 Å². The third-order valence-corrected chi connectivity index (χ3v) is 5.83. The van der Waals surface area contributed by atoms with Crippen molar-refractivity contribution in [2.24, 2.45) is 0 Å². The van der Waals surface area contributed by atoms with Crippen LogP contribution in [-0.2, 0) is 4.74 Å². The molecule has 1 rings (SSSR count). The van der Waals surface area contributed by atoms with Crippen LogP contribution in [0.3, 0.4) is 0 Å². The fourth-order valence-corrected chi connectivity index (χ4v) is 3.91. The summed E-state index contributed by atoms with van der Waals surface area (Å²) >= 11 is 0. The van der Waals surface area contributed by atoms with Crippen LogP contribution < -0.4 is 5.32 Å². The molecule has 1 aliphatic rings. The highest BCUT2D eigenvalue weighted by Gasteiger charge is 2.17. The second-order valence-electron chi connectivity index (χ2n) is 8.92. The number of hydrogen-bond donors (Lipinski definition) is 1. The highest BCUT2D eigenvalue weighted by molar-refractivity contribution is 4.76. The van der Waals surface area contributed by atoms with E-state index in [1.54, 1.807) is 0 Å². The van der Waals surface area contributed by atoms with Gasteiger partial charge in [0.05, 0.1) is 12.8 Å². The van der Waals surface area contributed by atoms with Crippen LogP contribution in [0, 0.1) is 0 Å². The molecule has 0 spiro atoms. The molecule has 0 bridgehead atoms. The molecule has 0 aromatic rings. The molecule has 0 aromatic carbocycles. The molecule has 2 heteroatoms. The van der Waals surface area contributed by atoms with Crippen molar-refractivity contribution in [2.45, 2.75) is 142 Å². The molecule has 0 atom stereocenters. The Hall–Kier alpha value is -0.0800. The Bertz CT molecular complexity index is 278. The molecule has 1 aliphatic carbocycles. The van der Waals surface area contributed by atoms with E-state index < -0.39 is 0 Å². The van der Waals surface area contributed by atoms with E-state index in [2.05, 4.69) is 26.1 Å². The summed E-state index contributed by atoms with van der Waals surface area (Å²) in [5.74, 6) is 0. The first kappa shape index (κ1) is 23.0. The van der Waals surface area contributed by atoms with E-state index in [0.29, 0.717) is 6.10 Å². The van der Waals surface area contributed by atoms with Gasteiger partial charge in [-0.2, -0.15) is 0 Å². The number of ether oxygens (including phenoxy) is 1. The van der Waals surface area contributed by atoms with Gasteiger partial charge < -0.3 is 4.74 Å². The molecule has 0 unspecified atom stereocenters. The molecule has 0 aromatic heterocycles. The average molecular weight is 354 g/mol. The molecule has 1 N–H and O–H groups in total. The maximum absolute atomic E-state index is 6.26. The monoisotopic (exact) mass is 353 g/mol. The van der Waals surface area contributed by atoms with Crippen molar-refractivity contribution >= 4 is 0 Å². The molecule has 25 heavy (non-hydrogen) atoms. The van der Waals surface area contributed by atoms with E-state index in [4.69, 9.17) is 4.74 Å². The molecule has 150 valence electrons. The molecular weight excluding hydrogens is 306 g/mol. The molecule has 0 amide bonds. The first-order chi connectivity index (χ1) is 12.1. The zero-order valence-electron chi connectivity index (χ0n) is 17.7. The summed E-state index contributed by atoms with van der Waals surface area (Å²) in [5.41, 5.74) is 0.206. The first-order valence-electron chi connectivity index (χ1n) is 11.5. The van der Waals surface area contributed by atoms with E-state index in [0.717, 1.165) is 6.73 Å². The van der Waals surface area contributed by atoms with Crippen LogP contribution in [-0.4, -0.2) is 18.4 Å². The van der Waals surface area contributed by atoms with Gasteiger partial charge >= 0.3 is 0 Å². The van der Waals surface area contributed by atoms with Gasteiger partial charge in [-0.05, 0) is 33.1 Å². The first-order valence-corrected chi connectivity index (χ1v) is 11.5. The average Bonchev–Trinajstić information content (AvgIpc) is 2.56. The van der Waals surface area contributed by atoms with Gasteiger partial charge in [-0.15, -0.1) is 0 Å². The third-order valence-electron chi connectivity index (χ3n) is 5.83. The summed E-state index contributed by atoms with van der Waals surface area (Å²) in [5, 5.41) is 3.66. The van der Waals surface area contributed by atoms with Crippen LogP contribution in [0.25, 0.3) is 0 Å². The SMILES string of the molecule is CCCCCCCC(C)(C)NCOC1CCCCCCCCCCC1. The summed E-state index contributed by atoms with van der Waals surface area (Å²) < 4.78 is 6.26. The van der Waals surface area contributed by atoms with Gasteiger partial charge in [-0.3, -0.25) is 5.32 Å². The zero-order valence-corrected chi connectivity index (χ0v) is 17.7. The number of unbranched alkanes of at least 4 members (excludes halogenated alkanes) is 4. The topological polar surface area (TPSA) is 21.3 Å². The second kappa shape index (κ2) is 15.0. The highest BCUT2D eigenvalue weighted by atomic mass is 16.5. The van der Waals surface area contributed by atoms with Crippen molar-refractivity contribution in [1.29, 1.82) is 0 Å². The van der Waals surface area contributed by atoms with E-state index in [1.165, 1.54) is 109 Å². The Morgan fingerprint density at radius 3 is 1.84 bits per heavy atom. The summed E-state index contributed by atoms with van der Waals surface area (Å²) in [7, 11) is 0. The van der Waals surface area contributed by atoms with Crippen LogP contribution in [0.15, 0.2) is 0 Å². The Morgan fingerprint density at radius 2 is 1.28 bits per heavy atom. The predicted molar refractivity (Wildman–Crippen MR) is 111 cm³/mol. The summed E-state index contributed by atoms with van der Waals surface area (Å²) in [4.78, 5) is 0. The molecule has 1 fully saturated rings. The predicted octanol–water partition coefficient (Wildman–Crippen LogP) is 7.36. The maximum Gasteiger partial charge on any atom is 0.0973 e. The fraction of sp³-hybridized carbons (Fsp3) is 1.00. The van der Waals surface area contributed by atoms with E-state index >= 15 is 0 Å². The van der Waals surface area contributed by atoms with Crippen molar-refractivity contribution in [1.82, 2.24) is 5.32 Å². The molecule has 0 radical (unpaired) electrons. The normalized spacial score (nSPS) is 19.3. The molecule has 2 nitrogen and oxygen atoms in total. The molecular formula is C23H47NO. The summed E-state index contributed by atoms with van der Waals surface area (Å²) in [6.45, 7) is 7.67. The Labute approximate surface area is 158 Å². The second-order valence-corrected chi connectivity index (χ2v) is 8.92. The van der Waals surface area contributed by atoms with Gasteiger partial charge in [0.2, 0.25) is 0 Å². The lowest BCUT2D eigenvalue weighted by Crippen LogP contribution is -2.41. The minimum Gasteiger partial charge on any atom is -0.363 e. The van der Waals surface area contributed by atoms with E-state index in [1.807, 2.05) is 0 Å². The van der Waals surface area contributed by atoms with Crippen LogP contribution in [0.1, 0.15) is 130 Å². The fourth-order valence-electron chi connectivity index (χ4n) is 3.91. The van der Waals surface area contributed by atoms with Crippen molar-refractivity contribution in [2.75, 3.05) is 6.73 Å². The summed E-state index contributed by atoms with van der Waals surface area (Å²) in [6.07, 6.45) is 23.8. The Balaban J connectivity index is 2.18. The van der Waals surface area contributed by atoms with Crippen LogP contribution in [0.4, 0.5) is 0 Å². The molecule has 0 aliphatic heterocycles. The lowest BCUT2D eigenvalue weighted by molar-refractivity contribution is 0.0140. The molecule has 1 saturated carbocycles. The molecule has 0 saturated heterocycles. The van der Waals surface area contributed by atoms with Crippen molar-refractivity contribution in [3.63, 3.8) is 0 Å². The standard InChI is InChI=1S/C23H47NO/c1-4-5-6-14-17-20-23(2,3)24-21-25-22-18-15-12-10-8-7-9-11-13-16-19-22/h22,24H,4-21H2,1-3H3. The van der Waals surface area contributed by atoms with Gasteiger partial charge in [-0.1, -0.05) is 96.8 Å². The largest absolute Gasteiger partial charge is 0.363 e. The van der Waals surface area contributed by atoms with Crippen LogP contribution in [0.2, 0.25) is 0 Å². The maximum atomic E-state index is 6.26. The molecule has 0 heterocycles. The van der Waals surface area contributed by atoms with E-state index in [9.17, 15) is 0 Å². The quantitative estimate of drug-likeness (QED) is 0.327. The number of nitrogens with one attached hydrogen (secondary N) is 1. The lowest BCUT2D eigenvalue weighted by Gasteiger charge is -2.28. The van der Waals surface area contributed by atoms with Crippen molar-refractivity contribution in [3.05, 3.63) is 0 Å². The van der Waals surface area contributed by atoms with Crippen molar-refractivity contribution in [3.8, 4) is 0 Å². The Kier molecular flexibility index (Phi) is 13.8. The Morgan fingerprint density at radius 1 is 0.760 bits per heavy atom. The van der Waals surface area contributed by atoms with Gasteiger partial charge in [0, 0.05) is 5.54 Å². The van der Waals surface area contributed by atoms with Crippen LogP contribution >= 0.6 is 0 Å². The van der Waals surface area contributed by atoms with E-state index in [-0.39, 0.29) is 5.54 Å². The van der Waals surface area contributed by atoms with Crippen molar-refractivity contribution < 1.29 is 4.74 Å². The third kappa shape index (κ3) is 13.7. The minimum atomic E-state index is 0.206. The lowest BCUT2D eigenvalue weighted by atomic mass is 9.96. The number of hydrogen-bond acceptors (Lipinski definition) is 2. The zero-order chi connectivity index (χ0) is 18.2. The number of rotatable bonds is 10. The summed E-state index contributed by atoms with van der Waals surface area (Å²) in [6, 6.07) is 0. The smallest absolute Gasteiger partial charge is 0.0973 e. The van der Waals surface area contributed by atoms with Gasteiger partial charge in [0.1, 0.15) is 0 Å². The van der Waals surface area contributed by atoms with Gasteiger partial charge in [0.15, 0.2) is 0 Å². The minimum absolute atomic E-state index is 0.206. The van der Waals surface area contributed by atoms with Gasteiger partial charge in [0.25, 0.3) is 0 Å².